The van der Waals surface area contributed by atoms with Crippen molar-refractivity contribution in [1.82, 2.24) is 15.5 Å². The Kier molecular flexibility index (Phi) is 5.67. The summed E-state index contributed by atoms with van der Waals surface area (Å²) in [5, 5.41) is 5.62. The lowest BCUT2D eigenvalue weighted by molar-refractivity contribution is 0.0447. The normalized spacial score (nSPS) is 23.0. The highest BCUT2D eigenvalue weighted by Crippen LogP contribution is 2.13. The summed E-state index contributed by atoms with van der Waals surface area (Å²) in [5.41, 5.74) is -1.11. The predicted molar refractivity (Wildman–Crippen MR) is 83.8 cm³/mol. The maximum absolute atomic E-state index is 11.9. The number of ether oxygens (including phenoxy) is 2. The molecule has 1 rings (SSSR count). The number of likely N-dealkylation sites (N-methyl/N-ethyl adjacent to an activating group) is 1. The van der Waals surface area contributed by atoms with Gasteiger partial charge in [0.2, 0.25) is 0 Å². The highest BCUT2D eigenvalue weighted by Gasteiger charge is 2.35. The van der Waals surface area contributed by atoms with Gasteiger partial charge in [-0.25, -0.2) is 9.59 Å². The quantitative estimate of drug-likeness (QED) is 0.811. The van der Waals surface area contributed by atoms with Gasteiger partial charge in [-0.3, -0.25) is 0 Å². The number of likely N-dealkylation sites (tertiary alicyclic amines) is 1. The lowest BCUT2D eigenvalue weighted by atomic mass is 10.1. The average Bonchev–Trinajstić information content (AvgIpc) is 2.52. The van der Waals surface area contributed by atoms with Gasteiger partial charge in [-0.1, -0.05) is 0 Å². The molecule has 22 heavy (non-hydrogen) atoms. The summed E-state index contributed by atoms with van der Waals surface area (Å²) in [6.07, 6.45) is -0.965. The van der Waals surface area contributed by atoms with Gasteiger partial charge in [0.1, 0.15) is 11.2 Å². The van der Waals surface area contributed by atoms with E-state index in [0.717, 1.165) is 0 Å². The standard InChI is InChI=1S/C15H29N3O4/c1-14(2,3)21-12(19)16-10-8-18(7)9-11(10)17-13(20)22-15(4,5)6/h10-11H,8-9H2,1-7H3,(H,16,19)(H,17,20)/t10-,11-/m0/s1. The van der Waals surface area contributed by atoms with Gasteiger partial charge in [0.25, 0.3) is 0 Å². The Morgan fingerprint density at radius 1 is 0.864 bits per heavy atom. The van der Waals surface area contributed by atoms with Crippen molar-refractivity contribution in [2.24, 2.45) is 0 Å². The molecule has 0 radical (unpaired) electrons. The van der Waals surface area contributed by atoms with Crippen LogP contribution in [-0.2, 0) is 9.47 Å². The largest absolute Gasteiger partial charge is 0.444 e. The van der Waals surface area contributed by atoms with Crippen molar-refractivity contribution >= 4 is 12.2 Å². The van der Waals surface area contributed by atoms with E-state index in [2.05, 4.69) is 10.6 Å². The van der Waals surface area contributed by atoms with Crippen LogP contribution in [0.2, 0.25) is 0 Å². The number of rotatable bonds is 2. The van der Waals surface area contributed by atoms with Crippen molar-refractivity contribution in [3.05, 3.63) is 0 Å². The van der Waals surface area contributed by atoms with Crippen molar-refractivity contribution in [3.63, 3.8) is 0 Å². The number of hydrogen-bond donors (Lipinski definition) is 2. The van der Waals surface area contributed by atoms with E-state index in [-0.39, 0.29) is 12.1 Å². The van der Waals surface area contributed by atoms with Gasteiger partial charge in [0.15, 0.2) is 0 Å². The van der Waals surface area contributed by atoms with E-state index in [9.17, 15) is 9.59 Å². The molecule has 1 saturated heterocycles. The third kappa shape index (κ3) is 6.98. The fourth-order valence-electron chi connectivity index (χ4n) is 2.21. The van der Waals surface area contributed by atoms with Gasteiger partial charge in [0, 0.05) is 13.1 Å². The van der Waals surface area contributed by atoms with Crippen LogP contribution in [0, 0.1) is 0 Å². The number of carbonyl (C=O) groups is 2. The van der Waals surface area contributed by atoms with Crippen LogP contribution in [0.5, 0.6) is 0 Å². The molecule has 2 N–H and O–H groups in total. The van der Waals surface area contributed by atoms with E-state index in [0.29, 0.717) is 13.1 Å². The minimum Gasteiger partial charge on any atom is -0.444 e. The topological polar surface area (TPSA) is 79.9 Å². The van der Waals surface area contributed by atoms with Crippen LogP contribution in [0.25, 0.3) is 0 Å². The molecular weight excluding hydrogens is 286 g/mol. The van der Waals surface area contributed by atoms with Gasteiger partial charge in [-0.2, -0.15) is 0 Å². The summed E-state index contributed by atoms with van der Waals surface area (Å²) in [6, 6.07) is -0.431. The summed E-state index contributed by atoms with van der Waals surface area (Å²) < 4.78 is 10.5. The molecule has 1 fully saturated rings. The number of nitrogens with zero attached hydrogens (tertiary/aromatic N) is 1. The summed E-state index contributed by atoms with van der Waals surface area (Å²) in [5.74, 6) is 0. The van der Waals surface area contributed by atoms with E-state index in [1.54, 1.807) is 0 Å². The zero-order valence-corrected chi connectivity index (χ0v) is 14.6. The Hall–Kier alpha value is -1.50. The lowest BCUT2D eigenvalue weighted by Gasteiger charge is -2.26. The van der Waals surface area contributed by atoms with Gasteiger partial charge in [-0.15, -0.1) is 0 Å². The fraction of sp³-hybridized carbons (Fsp3) is 0.867. The zero-order valence-electron chi connectivity index (χ0n) is 14.6. The first-order chi connectivity index (χ1) is 9.85. The summed E-state index contributed by atoms with van der Waals surface area (Å²) >= 11 is 0. The van der Waals surface area contributed by atoms with Crippen molar-refractivity contribution in [2.75, 3.05) is 20.1 Å². The molecule has 1 aliphatic heterocycles. The molecule has 7 heteroatoms. The van der Waals surface area contributed by atoms with Crippen LogP contribution >= 0.6 is 0 Å². The van der Waals surface area contributed by atoms with Crippen LogP contribution in [0.3, 0.4) is 0 Å². The smallest absolute Gasteiger partial charge is 0.407 e. The zero-order chi connectivity index (χ0) is 17.1. The number of amides is 2. The third-order valence-electron chi connectivity index (χ3n) is 2.91. The van der Waals surface area contributed by atoms with Gasteiger partial charge >= 0.3 is 12.2 Å². The first kappa shape index (κ1) is 18.5. The molecule has 2 atom stereocenters. The van der Waals surface area contributed by atoms with Gasteiger partial charge in [0.05, 0.1) is 12.1 Å². The molecule has 0 aromatic heterocycles. The Bertz CT molecular complexity index is 374. The Labute approximate surface area is 132 Å². The second kappa shape index (κ2) is 6.73. The number of alkyl carbamates (subject to hydrolysis) is 2. The maximum atomic E-state index is 11.9. The Morgan fingerprint density at radius 2 is 1.18 bits per heavy atom. The molecule has 2 amide bonds. The maximum Gasteiger partial charge on any atom is 0.407 e. The van der Waals surface area contributed by atoms with E-state index in [1.165, 1.54) is 0 Å². The number of carbonyl (C=O) groups excluding carboxylic acids is 2. The number of nitrogens with one attached hydrogen (secondary N) is 2. The Balaban J connectivity index is 2.58. The molecular formula is C15H29N3O4. The first-order valence-electron chi connectivity index (χ1n) is 7.53. The second-order valence-electron chi connectivity index (χ2n) is 7.73. The average molecular weight is 315 g/mol. The molecule has 0 spiro atoms. The summed E-state index contributed by atoms with van der Waals surface area (Å²) in [6.45, 7) is 12.1. The molecule has 0 aromatic rings. The van der Waals surface area contributed by atoms with Crippen LogP contribution in [0.1, 0.15) is 41.5 Å². The fourth-order valence-corrected chi connectivity index (χ4v) is 2.21. The Morgan fingerprint density at radius 3 is 1.45 bits per heavy atom. The van der Waals surface area contributed by atoms with E-state index < -0.39 is 23.4 Å². The van der Waals surface area contributed by atoms with Crippen LogP contribution < -0.4 is 10.6 Å². The third-order valence-corrected chi connectivity index (χ3v) is 2.91. The van der Waals surface area contributed by atoms with Gasteiger partial charge < -0.3 is 25.0 Å². The molecule has 0 saturated carbocycles. The SMILES string of the molecule is CN1C[C@H](NC(=O)OC(C)(C)C)[C@@H](NC(=O)OC(C)(C)C)C1. The lowest BCUT2D eigenvalue weighted by Crippen LogP contribution is -2.52. The van der Waals surface area contributed by atoms with E-state index in [1.807, 2.05) is 53.5 Å². The van der Waals surface area contributed by atoms with Crippen LogP contribution in [0.4, 0.5) is 9.59 Å². The summed E-state index contributed by atoms with van der Waals surface area (Å²) in [7, 11) is 1.93. The molecule has 7 nitrogen and oxygen atoms in total. The molecule has 0 bridgehead atoms. The second-order valence-corrected chi connectivity index (χ2v) is 7.73. The van der Waals surface area contributed by atoms with E-state index in [4.69, 9.17) is 9.47 Å². The highest BCUT2D eigenvalue weighted by atomic mass is 16.6. The van der Waals surface area contributed by atoms with Gasteiger partial charge in [-0.05, 0) is 48.6 Å². The minimum absolute atomic E-state index is 0.215. The van der Waals surface area contributed by atoms with E-state index >= 15 is 0 Å². The van der Waals surface area contributed by atoms with Crippen molar-refractivity contribution in [1.29, 1.82) is 0 Å². The molecule has 128 valence electrons. The minimum atomic E-state index is -0.553. The number of hydrogen-bond acceptors (Lipinski definition) is 5. The molecule has 0 unspecified atom stereocenters. The summed E-state index contributed by atoms with van der Waals surface area (Å²) in [4.78, 5) is 25.8. The van der Waals surface area contributed by atoms with Crippen LogP contribution in [0.15, 0.2) is 0 Å². The first-order valence-corrected chi connectivity index (χ1v) is 7.53. The molecule has 0 aliphatic carbocycles. The van der Waals surface area contributed by atoms with Crippen LogP contribution in [-0.4, -0.2) is 60.5 Å². The molecule has 1 aliphatic rings. The monoisotopic (exact) mass is 315 g/mol. The van der Waals surface area contributed by atoms with Crippen molar-refractivity contribution in [2.45, 2.75) is 64.8 Å². The van der Waals surface area contributed by atoms with Crippen molar-refractivity contribution in [3.8, 4) is 0 Å². The molecule has 0 aromatic carbocycles. The predicted octanol–water partition coefficient (Wildman–Crippen LogP) is 1.72. The van der Waals surface area contributed by atoms with Crippen molar-refractivity contribution < 1.29 is 19.1 Å². The molecule has 1 heterocycles. The highest BCUT2D eigenvalue weighted by molar-refractivity contribution is 5.70.